The summed E-state index contributed by atoms with van der Waals surface area (Å²) in [6.07, 6.45) is 3.07. The van der Waals surface area contributed by atoms with Crippen LogP contribution in [0.1, 0.15) is 0 Å². The largest absolute Gasteiger partial charge is 0.490 e. The lowest BCUT2D eigenvalue weighted by Crippen LogP contribution is -2.30. The molecular weight excluding hydrogens is 200 g/mol. The van der Waals surface area contributed by atoms with E-state index in [9.17, 15) is 0 Å². The predicted molar refractivity (Wildman–Crippen MR) is 56.6 cm³/mol. The van der Waals surface area contributed by atoms with Crippen LogP contribution < -0.4 is 5.46 Å². The smallest absolute Gasteiger partial charge is 0.423 e. The van der Waals surface area contributed by atoms with E-state index in [4.69, 9.17) is 21.6 Å². The van der Waals surface area contributed by atoms with Crippen molar-refractivity contribution in [1.82, 2.24) is 4.98 Å². The van der Waals surface area contributed by atoms with E-state index >= 15 is 0 Å². The van der Waals surface area contributed by atoms with Crippen molar-refractivity contribution in [1.29, 1.82) is 0 Å². The van der Waals surface area contributed by atoms with Crippen LogP contribution in [0.2, 0.25) is 5.02 Å². The van der Waals surface area contributed by atoms with Crippen molar-refractivity contribution in [2.75, 3.05) is 0 Å². The maximum absolute atomic E-state index is 9.09. The molecule has 0 bridgehead atoms. The van der Waals surface area contributed by atoms with Crippen LogP contribution in [0, 0.1) is 0 Å². The Balaban J connectivity index is 2.77. The van der Waals surface area contributed by atoms with Gasteiger partial charge in [0.05, 0.1) is 0 Å². The normalized spacial score (nSPS) is 10.5. The number of hydrogen-bond donors (Lipinski definition) is 2. The van der Waals surface area contributed by atoms with Crippen molar-refractivity contribution in [3.8, 4) is 0 Å². The van der Waals surface area contributed by atoms with Crippen LogP contribution in [0.5, 0.6) is 0 Å². The van der Waals surface area contributed by atoms with Crippen LogP contribution in [-0.2, 0) is 0 Å². The molecule has 0 radical (unpaired) electrons. The van der Waals surface area contributed by atoms with Gasteiger partial charge in [-0.15, -0.1) is 0 Å². The molecule has 0 spiro atoms. The first-order valence-electron chi connectivity index (χ1n) is 4.08. The van der Waals surface area contributed by atoms with Crippen LogP contribution in [0.15, 0.2) is 30.6 Å². The molecule has 0 saturated heterocycles. The maximum Gasteiger partial charge on any atom is 0.490 e. The number of pyridine rings is 1. The molecule has 5 heteroatoms. The van der Waals surface area contributed by atoms with Gasteiger partial charge in [-0.3, -0.25) is 4.98 Å². The minimum absolute atomic E-state index is 0.366. The highest BCUT2D eigenvalue weighted by Gasteiger charge is 2.14. The van der Waals surface area contributed by atoms with Gasteiger partial charge in [-0.05, 0) is 22.9 Å². The molecule has 1 heterocycles. The van der Waals surface area contributed by atoms with Crippen molar-refractivity contribution in [3.63, 3.8) is 0 Å². The molecule has 0 amide bonds. The number of aromatic nitrogens is 1. The highest BCUT2D eigenvalue weighted by Crippen LogP contribution is 2.16. The monoisotopic (exact) mass is 207 g/mol. The molecule has 2 N–H and O–H groups in total. The number of halogens is 1. The quantitative estimate of drug-likeness (QED) is 0.672. The van der Waals surface area contributed by atoms with Gasteiger partial charge in [-0.2, -0.15) is 0 Å². The molecule has 0 unspecified atom stereocenters. The van der Waals surface area contributed by atoms with Gasteiger partial charge >= 0.3 is 7.12 Å². The van der Waals surface area contributed by atoms with Crippen molar-refractivity contribution < 1.29 is 10.0 Å². The Morgan fingerprint density at radius 1 is 1.21 bits per heavy atom. The lowest BCUT2D eigenvalue weighted by molar-refractivity contribution is 0.426. The van der Waals surface area contributed by atoms with Gasteiger partial charge in [0.2, 0.25) is 0 Å². The number of benzene rings is 1. The molecule has 0 aliphatic rings. The van der Waals surface area contributed by atoms with Gasteiger partial charge in [-0.25, -0.2) is 0 Å². The molecule has 2 aromatic rings. The molecule has 1 aromatic heterocycles. The van der Waals surface area contributed by atoms with Gasteiger partial charge in [-0.1, -0.05) is 17.7 Å². The molecule has 0 atom stereocenters. The number of hydrogen-bond acceptors (Lipinski definition) is 3. The van der Waals surface area contributed by atoms with E-state index in [0.29, 0.717) is 15.9 Å². The summed E-state index contributed by atoms with van der Waals surface area (Å²) in [7, 11) is -1.52. The third-order valence-corrected chi connectivity index (χ3v) is 2.27. The van der Waals surface area contributed by atoms with Crippen molar-refractivity contribution in [2.45, 2.75) is 0 Å². The Bertz CT molecular complexity index is 475. The van der Waals surface area contributed by atoms with Crippen LogP contribution in [0.25, 0.3) is 10.8 Å². The van der Waals surface area contributed by atoms with E-state index < -0.39 is 7.12 Å². The molecule has 3 nitrogen and oxygen atoms in total. The maximum atomic E-state index is 9.09. The average molecular weight is 207 g/mol. The van der Waals surface area contributed by atoms with E-state index in [0.717, 1.165) is 5.39 Å². The van der Waals surface area contributed by atoms with Gasteiger partial charge in [0.1, 0.15) is 0 Å². The van der Waals surface area contributed by atoms with Gasteiger partial charge < -0.3 is 10.0 Å². The minimum atomic E-state index is -1.52. The summed E-state index contributed by atoms with van der Waals surface area (Å²) in [6.45, 7) is 0. The first-order chi connectivity index (χ1) is 6.68. The Hall–Kier alpha value is -1.10. The second kappa shape index (κ2) is 3.57. The molecule has 70 valence electrons. The predicted octanol–water partition coefficient (Wildman–Crippen LogP) is 0.568. The van der Waals surface area contributed by atoms with Gasteiger partial charge in [0.15, 0.2) is 0 Å². The molecule has 0 fully saturated rings. The summed E-state index contributed by atoms with van der Waals surface area (Å²) in [6, 6.07) is 5.21. The SMILES string of the molecule is OB(O)c1cncc2ccc(Cl)cc12. The highest BCUT2D eigenvalue weighted by molar-refractivity contribution is 6.61. The van der Waals surface area contributed by atoms with Crippen LogP contribution >= 0.6 is 11.6 Å². The molecule has 0 aliphatic carbocycles. The lowest BCUT2D eigenvalue weighted by Gasteiger charge is -2.04. The molecule has 1 aromatic carbocycles. The zero-order valence-corrected chi connectivity index (χ0v) is 7.94. The highest BCUT2D eigenvalue weighted by atomic mass is 35.5. The Morgan fingerprint density at radius 3 is 2.71 bits per heavy atom. The number of rotatable bonds is 1. The van der Waals surface area contributed by atoms with Crippen molar-refractivity contribution in [3.05, 3.63) is 35.6 Å². The fourth-order valence-electron chi connectivity index (χ4n) is 1.36. The molecule has 14 heavy (non-hydrogen) atoms. The zero-order valence-electron chi connectivity index (χ0n) is 7.18. The van der Waals surface area contributed by atoms with Crippen LogP contribution in [0.4, 0.5) is 0 Å². The molecule has 0 saturated carbocycles. The van der Waals surface area contributed by atoms with Crippen molar-refractivity contribution in [2.24, 2.45) is 0 Å². The fraction of sp³-hybridized carbons (Fsp3) is 0. The number of nitrogens with zero attached hydrogens (tertiary/aromatic N) is 1. The average Bonchev–Trinajstić information content (AvgIpc) is 2.16. The van der Waals surface area contributed by atoms with E-state index in [1.807, 2.05) is 0 Å². The van der Waals surface area contributed by atoms with E-state index in [1.165, 1.54) is 6.20 Å². The van der Waals surface area contributed by atoms with Crippen LogP contribution in [0.3, 0.4) is 0 Å². The van der Waals surface area contributed by atoms with E-state index in [-0.39, 0.29) is 0 Å². The molecule has 2 rings (SSSR count). The summed E-state index contributed by atoms with van der Waals surface area (Å²) >= 11 is 5.81. The fourth-order valence-corrected chi connectivity index (χ4v) is 1.54. The third-order valence-electron chi connectivity index (χ3n) is 2.03. The van der Waals surface area contributed by atoms with Gasteiger partial charge in [0.25, 0.3) is 0 Å². The van der Waals surface area contributed by atoms with Gasteiger partial charge in [0, 0.05) is 22.9 Å². The zero-order chi connectivity index (χ0) is 10.1. The molecule has 0 aliphatic heterocycles. The summed E-state index contributed by atoms with van der Waals surface area (Å²) in [4.78, 5) is 3.90. The second-order valence-electron chi connectivity index (χ2n) is 2.97. The van der Waals surface area contributed by atoms with E-state index in [2.05, 4.69) is 4.98 Å². The first-order valence-corrected chi connectivity index (χ1v) is 4.45. The summed E-state index contributed by atoms with van der Waals surface area (Å²) < 4.78 is 0. The second-order valence-corrected chi connectivity index (χ2v) is 3.40. The topological polar surface area (TPSA) is 53.4 Å². The summed E-state index contributed by atoms with van der Waals surface area (Å²) in [5.41, 5.74) is 0.366. The Kier molecular flexibility index (Phi) is 2.41. The van der Waals surface area contributed by atoms with E-state index in [1.54, 1.807) is 24.4 Å². The third kappa shape index (κ3) is 1.59. The Morgan fingerprint density at radius 2 is 2.00 bits per heavy atom. The Labute approximate surface area is 86.1 Å². The first kappa shape index (κ1) is 9.46. The lowest BCUT2D eigenvalue weighted by atomic mass is 9.78. The minimum Gasteiger partial charge on any atom is -0.423 e. The van der Waals surface area contributed by atoms with Crippen LogP contribution in [-0.4, -0.2) is 22.2 Å². The summed E-state index contributed by atoms with van der Waals surface area (Å²) in [5.74, 6) is 0. The molecular formula is C9H7BClNO2. The number of fused-ring (bicyclic) bond motifs is 1. The summed E-state index contributed by atoms with van der Waals surface area (Å²) in [5, 5.41) is 20.3. The standard InChI is InChI=1S/C9H7BClNO2/c11-7-2-1-6-4-12-5-9(10(13)14)8(6)3-7/h1-5,13-14H. The van der Waals surface area contributed by atoms with Crippen molar-refractivity contribution >= 4 is 35.0 Å².